The van der Waals surface area contributed by atoms with E-state index >= 15 is 0 Å². The van der Waals surface area contributed by atoms with Crippen molar-refractivity contribution in [2.24, 2.45) is 0 Å². The van der Waals surface area contributed by atoms with Gasteiger partial charge in [-0.2, -0.15) is 4.37 Å². The highest BCUT2D eigenvalue weighted by Gasteiger charge is 2.16. The molecule has 0 aliphatic heterocycles. The summed E-state index contributed by atoms with van der Waals surface area (Å²) < 4.78 is 15.6. The van der Waals surface area contributed by atoms with E-state index in [0.717, 1.165) is 27.2 Å². The fourth-order valence-corrected chi connectivity index (χ4v) is 3.42. The predicted octanol–water partition coefficient (Wildman–Crippen LogP) is 2.61. The SMILES string of the molecule is CNC(CSc1ncns1)c1ccc(OC)cc1OC. The highest BCUT2D eigenvalue weighted by atomic mass is 32.2. The topological polar surface area (TPSA) is 56.3 Å². The molecule has 1 aromatic heterocycles. The smallest absolute Gasteiger partial charge is 0.169 e. The average Bonchev–Trinajstić information content (AvgIpc) is 3.01. The molecule has 7 heteroatoms. The third-order valence-corrected chi connectivity index (χ3v) is 4.77. The summed E-state index contributed by atoms with van der Waals surface area (Å²) in [6.45, 7) is 0. The molecular formula is C13H17N3O2S2. The Morgan fingerprint density at radius 1 is 1.35 bits per heavy atom. The van der Waals surface area contributed by atoms with Gasteiger partial charge in [0, 0.05) is 23.4 Å². The third kappa shape index (κ3) is 3.62. The molecule has 5 nitrogen and oxygen atoms in total. The van der Waals surface area contributed by atoms with Crippen molar-refractivity contribution in [3.63, 3.8) is 0 Å². The number of benzene rings is 1. The van der Waals surface area contributed by atoms with Crippen LogP contribution in [0.1, 0.15) is 11.6 Å². The number of methoxy groups -OCH3 is 2. The lowest BCUT2D eigenvalue weighted by Gasteiger charge is -2.19. The average molecular weight is 311 g/mol. The Balaban J connectivity index is 2.13. The molecule has 2 rings (SSSR count). The van der Waals surface area contributed by atoms with E-state index in [-0.39, 0.29) is 6.04 Å². The van der Waals surface area contributed by atoms with E-state index in [1.165, 1.54) is 11.5 Å². The first-order chi connectivity index (χ1) is 9.78. The zero-order valence-electron chi connectivity index (χ0n) is 11.6. The summed E-state index contributed by atoms with van der Waals surface area (Å²) >= 11 is 3.09. The lowest BCUT2D eigenvalue weighted by molar-refractivity contribution is 0.387. The summed E-state index contributed by atoms with van der Waals surface area (Å²) in [6.07, 6.45) is 1.58. The van der Waals surface area contributed by atoms with Gasteiger partial charge in [0.25, 0.3) is 0 Å². The third-order valence-electron chi connectivity index (χ3n) is 2.88. The van der Waals surface area contributed by atoms with Gasteiger partial charge in [0.2, 0.25) is 0 Å². The highest BCUT2D eigenvalue weighted by molar-refractivity contribution is 8.00. The summed E-state index contributed by atoms with van der Waals surface area (Å²) in [6, 6.07) is 6.04. The van der Waals surface area contributed by atoms with Crippen molar-refractivity contribution in [2.45, 2.75) is 10.4 Å². The maximum absolute atomic E-state index is 5.45. The Morgan fingerprint density at radius 3 is 2.80 bits per heavy atom. The molecular weight excluding hydrogens is 294 g/mol. The molecule has 0 aliphatic rings. The summed E-state index contributed by atoms with van der Waals surface area (Å²) in [5, 5.41) is 3.31. The van der Waals surface area contributed by atoms with E-state index in [9.17, 15) is 0 Å². The van der Waals surface area contributed by atoms with Crippen molar-refractivity contribution in [3.05, 3.63) is 30.1 Å². The second-order valence-corrected chi connectivity index (χ2v) is 6.01. The lowest BCUT2D eigenvalue weighted by Crippen LogP contribution is -2.19. The molecule has 0 fully saturated rings. The van der Waals surface area contributed by atoms with Gasteiger partial charge in [-0.05, 0) is 24.6 Å². The Kier molecular flexibility index (Phi) is 5.63. The molecule has 1 unspecified atom stereocenters. The molecule has 0 bridgehead atoms. The summed E-state index contributed by atoms with van der Waals surface area (Å²) in [5.74, 6) is 2.47. The van der Waals surface area contributed by atoms with Crippen molar-refractivity contribution in [3.8, 4) is 11.5 Å². The van der Waals surface area contributed by atoms with Crippen LogP contribution in [0.5, 0.6) is 11.5 Å². The number of aromatic nitrogens is 2. The van der Waals surface area contributed by atoms with Gasteiger partial charge in [-0.3, -0.25) is 0 Å². The molecule has 0 radical (unpaired) electrons. The van der Waals surface area contributed by atoms with Crippen molar-refractivity contribution >= 4 is 23.3 Å². The number of nitrogens with zero attached hydrogens (tertiary/aromatic N) is 2. The molecule has 0 amide bonds. The number of rotatable bonds is 7. The normalized spacial score (nSPS) is 12.2. The van der Waals surface area contributed by atoms with E-state index in [0.29, 0.717) is 0 Å². The van der Waals surface area contributed by atoms with E-state index in [1.807, 2.05) is 25.2 Å². The number of hydrogen-bond acceptors (Lipinski definition) is 7. The number of ether oxygens (including phenoxy) is 2. The zero-order valence-corrected chi connectivity index (χ0v) is 13.3. The van der Waals surface area contributed by atoms with Gasteiger partial charge in [-0.1, -0.05) is 17.8 Å². The van der Waals surface area contributed by atoms with Crippen molar-refractivity contribution in [1.29, 1.82) is 0 Å². The van der Waals surface area contributed by atoms with Gasteiger partial charge in [0.1, 0.15) is 17.8 Å². The standard InChI is InChI=1S/C13H17N3O2S2/c1-14-11(7-19-13-15-8-16-20-13)10-5-4-9(17-2)6-12(10)18-3/h4-6,8,11,14H,7H2,1-3H3. The van der Waals surface area contributed by atoms with Crippen LogP contribution in [-0.4, -0.2) is 36.4 Å². The number of hydrogen-bond donors (Lipinski definition) is 1. The molecule has 0 spiro atoms. The van der Waals surface area contributed by atoms with Crippen LogP contribution in [0.25, 0.3) is 0 Å². The molecule has 1 heterocycles. The van der Waals surface area contributed by atoms with Crippen LogP contribution in [0.2, 0.25) is 0 Å². The number of thioether (sulfide) groups is 1. The van der Waals surface area contributed by atoms with E-state index in [1.54, 1.807) is 32.3 Å². The first-order valence-corrected chi connectivity index (χ1v) is 7.83. The van der Waals surface area contributed by atoms with Crippen LogP contribution >= 0.6 is 23.3 Å². The highest BCUT2D eigenvalue weighted by Crippen LogP contribution is 2.32. The molecule has 108 valence electrons. The minimum atomic E-state index is 0.171. The summed E-state index contributed by atoms with van der Waals surface area (Å²) in [5.41, 5.74) is 1.10. The maximum atomic E-state index is 5.45. The Bertz CT molecular complexity index is 534. The van der Waals surface area contributed by atoms with Gasteiger partial charge >= 0.3 is 0 Å². The van der Waals surface area contributed by atoms with Gasteiger partial charge in [0.05, 0.1) is 14.2 Å². The Labute approximate surface area is 126 Å². The first kappa shape index (κ1) is 15.1. The van der Waals surface area contributed by atoms with E-state index < -0.39 is 0 Å². The minimum Gasteiger partial charge on any atom is -0.497 e. The van der Waals surface area contributed by atoms with Crippen LogP contribution in [0.4, 0.5) is 0 Å². The second kappa shape index (κ2) is 7.47. The van der Waals surface area contributed by atoms with Crippen LogP contribution in [0.15, 0.2) is 28.9 Å². The van der Waals surface area contributed by atoms with Gasteiger partial charge in [-0.25, -0.2) is 4.98 Å². The summed E-state index contributed by atoms with van der Waals surface area (Å²) in [4.78, 5) is 4.18. The molecule has 1 N–H and O–H groups in total. The van der Waals surface area contributed by atoms with Crippen LogP contribution < -0.4 is 14.8 Å². The van der Waals surface area contributed by atoms with E-state index in [4.69, 9.17) is 9.47 Å². The number of nitrogens with one attached hydrogen (secondary N) is 1. The quantitative estimate of drug-likeness (QED) is 0.793. The Morgan fingerprint density at radius 2 is 2.20 bits per heavy atom. The Hall–Kier alpha value is -1.31. The molecule has 1 aromatic carbocycles. The van der Waals surface area contributed by atoms with Crippen molar-refractivity contribution < 1.29 is 9.47 Å². The fourth-order valence-electron chi connectivity index (χ4n) is 1.82. The fraction of sp³-hybridized carbons (Fsp3) is 0.385. The zero-order chi connectivity index (χ0) is 14.4. The molecule has 0 saturated heterocycles. The summed E-state index contributed by atoms with van der Waals surface area (Å²) in [7, 11) is 5.26. The predicted molar refractivity (Wildman–Crippen MR) is 82.0 cm³/mol. The first-order valence-electron chi connectivity index (χ1n) is 6.07. The minimum absolute atomic E-state index is 0.171. The van der Waals surface area contributed by atoms with Gasteiger partial charge < -0.3 is 14.8 Å². The van der Waals surface area contributed by atoms with Crippen LogP contribution in [0.3, 0.4) is 0 Å². The molecule has 0 aliphatic carbocycles. The molecule has 0 saturated carbocycles. The van der Waals surface area contributed by atoms with Gasteiger partial charge in [0.15, 0.2) is 4.34 Å². The maximum Gasteiger partial charge on any atom is 0.169 e. The van der Waals surface area contributed by atoms with Gasteiger partial charge in [-0.15, -0.1) is 0 Å². The molecule has 20 heavy (non-hydrogen) atoms. The molecule has 2 aromatic rings. The van der Waals surface area contributed by atoms with Crippen molar-refractivity contribution in [2.75, 3.05) is 27.0 Å². The van der Waals surface area contributed by atoms with Crippen LogP contribution in [-0.2, 0) is 0 Å². The van der Waals surface area contributed by atoms with E-state index in [2.05, 4.69) is 14.7 Å². The monoisotopic (exact) mass is 311 g/mol. The lowest BCUT2D eigenvalue weighted by atomic mass is 10.1. The second-order valence-electron chi connectivity index (χ2n) is 3.97. The van der Waals surface area contributed by atoms with Crippen molar-refractivity contribution in [1.82, 2.24) is 14.7 Å². The molecule has 1 atom stereocenters. The van der Waals surface area contributed by atoms with Crippen LogP contribution in [0, 0.1) is 0 Å². The largest absolute Gasteiger partial charge is 0.497 e.